The van der Waals surface area contributed by atoms with E-state index in [0.29, 0.717) is 30.3 Å². The van der Waals surface area contributed by atoms with E-state index in [-0.39, 0.29) is 5.91 Å². The molecular formula is C20H18N6O. The summed E-state index contributed by atoms with van der Waals surface area (Å²) in [5, 5.41) is 20.4. The van der Waals surface area contributed by atoms with Gasteiger partial charge in [0.2, 0.25) is 0 Å². The molecule has 134 valence electrons. The van der Waals surface area contributed by atoms with Gasteiger partial charge in [0.05, 0.1) is 0 Å². The van der Waals surface area contributed by atoms with Crippen LogP contribution in [-0.2, 0) is 0 Å². The molecule has 0 aliphatic rings. The molecule has 0 aliphatic carbocycles. The molecule has 0 saturated carbocycles. The molecule has 27 heavy (non-hydrogen) atoms. The van der Waals surface area contributed by atoms with Gasteiger partial charge < -0.3 is 10.6 Å². The molecule has 2 aromatic heterocycles. The molecule has 0 bridgehead atoms. The number of hydrogen-bond acceptors (Lipinski definition) is 5. The van der Waals surface area contributed by atoms with E-state index < -0.39 is 0 Å². The molecule has 0 unspecified atom stereocenters. The van der Waals surface area contributed by atoms with Gasteiger partial charge in [-0.05, 0) is 35.0 Å². The highest BCUT2D eigenvalue weighted by Gasteiger charge is 2.08. The molecule has 7 heteroatoms. The predicted octanol–water partition coefficient (Wildman–Crippen LogP) is 2.66. The maximum absolute atomic E-state index is 12.5. The second-order valence-corrected chi connectivity index (χ2v) is 5.94. The fourth-order valence-corrected chi connectivity index (χ4v) is 2.83. The van der Waals surface area contributed by atoms with Crippen LogP contribution in [0.25, 0.3) is 16.6 Å². The Labute approximate surface area is 156 Å². The summed E-state index contributed by atoms with van der Waals surface area (Å²) < 4.78 is 1.64. The first-order chi connectivity index (χ1) is 13.3. The number of carbonyl (C=O) groups excluding carboxylic acids is 1. The highest BCUT2D eigenvalue weighted by molar-refractivity contribution is 6.06. The van der Waals surface area contributed by atoms with Gasteiger partial charge in [0.15, 0.2) is 5.82 Å². The van der Waals surface area contributed by atoms with Crippen molar-refractivity contribution in [3.05, 3.63) is 78.6 Å². The van der Waals surface area contributed by atoms with Gasteiger partial charge in [0.25, 0.3) is 5.91 Å². The van der Waals surface area contributed by atoms with E-state index in [1.807, 2.05) is 60.7 Å². The summed E-state index contributed by atoms with van der Waals surface area (Å²) in [5.41, 5.74) is 0.677. The smallest absolute Gasteiger partial charge is 0.251 e. The molecule has 0 saturated heterocycles. The molecule has 7 nitrogen and oxygen atoms in total. The molecule has 1 amide bonds. The van der Waals surface area contributed by atoms with E-state index in [2.05, 4.69) is 25.9 Å². The Morgan fingerprint density at radius 3 is 2.63 bits per heavy atom. The largest absolute Gasteiger partial charge is 0.367 e. The fraction of sp³-hybridized carbons (Fsp3) is 0.100. The van der Waals surface area contributed by atoms with Crippen molar-refractivity contribution in [1.29, 1.82) is 0 Å². The Bertz CT molecular complexity index is 1040. The molecule has 2 N–H and O–H groups in total. The number of nitrogens with zero attached hydrogens (tertiary/aromatic N) is 4. The van der Waals surface area contributed by atoms with Gasteiger partial charge in [-0.2, -0.15) is 5.10 Å². The van der Waals surface area contributed by atoms with Crippen LogP contribution >= 0.6 is 0 Å². The zero-order chi connectivity index (χ0) is 18.5. The zero-order valence-electron chi connectivity index (χ0n) is 14.5. The average Bonchev–Trinajstić information content (AvgIpc) is 3.26. The lowest BCUT2D eigenvalue weighted by molar-refractivity contribution is 0.0957. The number of amides is 1. The summed E-state index contributed by atoms with van der Waals surface area (Å²) in [7, 11) is 0. The Balaban J connectivity index is 1.31. The van der Waals surface area contributed by atoms with Crippen molar-refractivity contribution in [2.45, 2.75) is 0 Å². The van der Waals surface area contributed by atoms with Crippen molar-refractivity contribution in [3.63, 3.8) is 0 Å². The summed E-state index contributed by atoms with van der Waals surface area (Å²) in [4.78, 5) is 12.5. The number of hydrogen-bond donors (Lipinski definition) is 2. The predicted molar refractivity (Wildman–Crippen MR) is 104 cm³/mol. The summed E-state index contributed by atoms with van der Waals surface area (Å²) in [6.45, 7) is 1.02. The molecule has 0 radical (unpaired) electrons. The molecule has 2 heterocycles. The Kier molecular flexibility index (Phi) is 4.74. The maximum Gasteiger partial charge on any atom is 0.251 e. The third-order valence-corrected chi connectivity index (χ3v) is 4.14. The van der Waals surface area contributed by atoms with Crippen molar-refractivity contribution in [2.75, 3.05) is 18.4 Å². The number of aromatic nitrogens is 4. The van der Waals surface area contributed by atoms with Gasteiger partial charge in [-0.15, -0.1) is 10.2 Å². The summed E-state index contributed by atoms with van der Waals surface area (Å²) >= 11 is 0. The number of anilines is 1. The minimum atomic E-state index is -0.0892. The topological polar surface area (TPSA) is 84.7 Å². The van der Waals surface area contributed by atoms with E-state index in [1.54, 1.807) is 17.1 Å². The Morgan fingerprint density at radius 1 is 0.926 bits per heavy atom. The highest BCUT2D eigenvalue weighted by Crippen LogP contribution is 2.18. The van der Waals surface area contributed by atoms with E-state index in [4.69, 9.17) is 0 Å². The standard InChI is InChI=1S/C20H18N6O/c27-20(17-8-3-6-15-5-1-2-7-16(15)17)22-13-12-21-18-9-10-19(25-24-18)26-14-4-11-23-26/h1-11,14H,12-13H2,(H,21,24)(H,22,27). The monoisotopic (exact) mass is 358 g/mol. The second kappa shape index (κ2) is 7.65. The lowest BCUT2D eigenvalue weighted by Gasteiger charge is -2.09. The van der Waals surface area contributed by atoms with Crippen LogP contribution in [0.1, 0.15) is 10.4 Å². The van der Waals surface area contributed by atoms with Crippen LogP contribution in [0, 0.1) is 0 Å². The van der Waals surface area contributed by atoms with Crippen LogP contribution < -0.4 is 10.6 Å². The summed E-state index contributed by atoms with van der Waals surface area (Å²) in [6.07, 6.45) is 3.49. The molecule has 2 aromatic carbocycles. The Hall–Kier alpha value is -3.74. The summed E-state index contributed by atoms with van der Waals surface area (Å²) in [5.74, 6) is 1.20. The fourth-order valence-electron chi connectivity index (χ4n) is 2.83. The van der Waals surface area contributed by atoms with Gasteiger partial charge >= 0.3 is 0 Å². The van der Waals surface area contributed by atoms with Crippen LogP contribution in [0.2, 0.25) is 0 Å². The van der Waals surface area contributed by atoms with Crippen LogP contribution in [0.4, 0.5) is 5.82 Å². The number of benzene rings is 2. The molecule has 0 fully saturated rings. The zero-order valence-corrected chi connectivity index (χ0v) is 14.5. The number of fused-ring (bicyclic) bond motifs is 1. The van der Waals surface area contributed by atoms with Crippen LogP contribution in [0.15, 0.2) is 73.1 Å². The van der Waals surface area contributed by atoms with Crippen LogP contribution in [-0.4, -0.2) is 39.0 Å². The first-order valence-corrected chi connectivity index (χ1v) is 8.65. The van der Waals surface area contributed by atoms with E-state index >= 15 is 0 Å². The first-order valence-electron chi connectivity index (χ1n) is 8.65. The number of carbonyl (C=O) groups is 1. The van der Waals surface area contributed by atoms with Crippen molar-refractivity contribution in [1.82, 2.24) is 25.3 Å². The van der Waals surface area contributed by atoms with Crippen LogP contribution in [0.5, 0.6) is 0 Å². The number of nitrogens with one attached hydrogen (secondary N) is 2. The molecule has 4 aromatic rings. The quantitative estimate of drug-likeness (QED) is 0.518. The van der Waals surface area contributed by atoms with Gasteiger partial charge in [-0.25, -0.2) is 4.68 Å². The van der Waals surface area contributed by atoms with E-state index in [0.717, 1.165) is 10.8 Å². The van der Waals surface area contributed by atoms with Gasteiger partial charge in [-0.3, -0.25) is 4.79 Å². The third kappa shape index (κ3) is 3.77. The second-order valence-electron chi connectivity index (χ2n) is 5.94. The minimum absolute atomic E-state index is 0.0892. The van der Waals surface area contributed by atoms with Gasteiger partial charge in [0, 0.05) is 31.0 Å². The lowest BCUT2D eigenvalue weighted by Crippen LogP contribution is -2.29. The van der Waals surface area contributed by atoms with Gasteiger partial charge in [0.1, 0.15) is 5.82 Å². The van der Waals surface area contributed by atoms with Gasteiger partial charge in [-0.1, -0.05) is 36.4 Å². The van der Waals surface area contributed by atoms with Crippen molar-refractivity contribution < 1.29 is 4.79 Å². The maximum atomic E-state index is 12.5. The molecule has 0 aliphatic heterocycles. The summed E-state index contributed by atoms with van der Waals surface area (Å²) in [6, 6.07) is 19.1. The average molecular weight is 358 g/mol. The Morgan fingerprint density at radius 2 is 1.81 bits per heavy atom. The van der Waals surface area contributed by atoms with Crippen molar-refractivity contribution in [3.8, 4) is 5.82 Å². The van der Waals surface area contributed by atoms with E-state index in [9.17, 15) is 4.79 Å². The molecule has 4 rings (SSSR count). The van der Waals surface area contributed by atoms with Crippen molar-refractivity contribution in [2.24, 2.45) is 0 Å². The van der Waals surface area contributed by atoms with Crippen LogP contribution in [0.3, 0.4) is 0 Å². The number of rotatable bonds is 6. The third-order valence-electron chi connectivity index (χ3n) is 4.14. The van der Waals surface area contributed by atoms with E-state index in [1.165, 1.54) is 0 Å². The molecule has 0 spiro atoms. The lowest BCUT2D eigenvalue weighted by atomic mass is 10.0. The normalized spacial score (nSPS) is 10.7. The first kappa shape index (κ1) is 16.7. The minimum Gasteiger partial charge on any atom is -0.367 e. The molecular weight excluding hydrogens is 340 g/mol. The van der Waals surface area contributed by atoms with Crippen molar-refractivity contribution >= 4 is 22.5 Å². The SMILES string of the molecule is O=C(NCCNc1ccc(-n2cccn2)nn1)c1cccc2ccccc12. The highest BCUT2D eigenvalue weighted by atomic mass is 16.1. The molecule has 0 atom stereocenters.